The zero-order valence-electron chi connectivity index (χ0n) is 13.0. The van der Waals surface area contributed by atoms with Gasteiger partial charge in [0.1, 0.15) is 5.75 Å². The van der Waals surface area contributed by atoms with Crippen LogP contribution < -0.4 is 10.1 Å². The highest BCUT2D eigenvalue weighted by molar-refractivity contribution is 9.10. The summed E-state index contributed by atoms with van der Waals surface area (Å²) in [6.45, 7) is 7.99. The molecule has 0 saturated heterocycles. The van der Waals surface area contributed by atoms with Crippen molar-refractivity contribution in [2.45, 2.75) is 39.4 Å². The monoisotopic (exact) mass is 351 g/mol. The van der Waals surface area contributed by atoms with Crippen LogP contribution >= 0.6 is 15.9 Å². The van der Waals surface area contributed by atoms with Gasteiger partial charge < -0.3 is 10.1 Å². The summed E-state index contributed by atoms with van der Waals surface area (Å²) in [6.07, 6.45) is 1.84. The number of hydrogen-bond acceptors (Lipinski definition) is 3. The summed E-state index contributed by atoms with van der Waals surface area (Å²) in [7, 11) is 1.68. The maximum Gasteiger partial charge on any atom is 0.119 e. The normalized spacial score (nSPS) is 11.7. The van der Waals surface area contributed by atoms with Crippen molar-refractivity contribution >= 4 is 15.9 Å². The SMILES string of the molecule is COc1ccc(Br)c(Cn2nccc2CNC(C)(C)C)c1. The smallest absolute Gasteiger partial charge is 0.119 e. The Morgan fingerprint density at radius 1 is 1.29 bits per heavy atom. The molecule has 114 valence electrons. The van der Waals surface area contributed by atoms with Crippen LogP contribution in [0.25, 0.3) is 0 Å². The number of nitrogens with zero attached hydrogens (tertiary/aromatic N) is 2. The summed E-state index contributed by atoms with van der Waals surface area (Å²) in [6, 6.07) is 8.03. The second-order valence-electron chi connectivity index (χ2n) is 6.04. The Morgan fingerprint density at radius 3 is 2.71 bits per heavy atom. The average Bonchev–Trinajstić information content (AvgIpc) is 2.85. The van der Waals surface area contributed by atoms with Crippen LogP contribution in [0.4, 0.5) is 0 Å². The quantitative estimate of drug-likeness (QED) is 0.894. The molecule has 1 N–H and O–H groups in total. The molecule has 0 radical (unpaired) electrons. The number of hydrogen-bond donors (Lipinski definition) is 1. The first-order valence-corrected chi connectivity index (χ1v) is 7.76. The van der Waals surface area contributed by atoms with E-state index in [2.05, 4.69) is 47.1 Å². The lowest BCUT2D eigenvalue weighted by molar-refractivity contribution is 0.411. The molecule has 0 unspecified atom stereocenters. The number of halogens is 1. The summed E-state index contributed by atoms with van der Waals surface area (Å²) in [5, 5.41) is 7.91. The molecular formula is C16H22BrN3O. The van der Waals surface area contributed by atoms with Crippen molar-refractivity contribution in [3.8, 4) is 5.75 Å². The molecule has 0 amide bonds. The molecule has 0 bridgehead atoms. The largest absolute Gasteiger partial charge is 0.497 e. The van der Waals surface area contributed by atoms with Crippen LogP contribution in [0.15, 0.2) is 34.9 Å². The third kappa shape index (κ3) is 4.58. The van der Waals surface area contributed by atoms with E-state index in [0.29, 0.717) is 6.54 Å². The number of benzene rings is 1. The standard InChI is InChI=1S/C16H22BrN3O/c1-16(2,3)18-10-13-7-8-19-20(13)11-12-9-14(21-4)5-6-15(12)17/h5-9,18H,10-11H2,1-4H3. The minimum absolute atomic E-state index is 0.0889. The predicted octanol–water partition coefficient (Wildman–Crippen LogP) is 3.59. The van der Waals surface area contributed by atoms with E-state index in [1.807, 2.05) is 35.1 Å². The molecule has 1 aromatic heterocycles. The summed E-state index contributed by atoms with van der Waals surface area (Å²) in [5.41, 5.74) is 2.40. The topological polar surface area (TPSA) is 39.1 Å². The Balaban J connectivity index is 2.15. The first-order chi connectivity index (χ1) is 9.89. The molecule has 2 rings (SSSR count). The van der Waals surface area contributed by atoms with Gasteiger partial charge in [-0.3, -0.25) is 4.68 Å². The maximum atomic E-state index is 5.29. The van der Waals surface area contributed by atoms with E-state index in [9.17, 15) is 0 Å². The zero-order valence-corrected chi connectivity index (χ0v) is 14.6. The zero-order chi connectivity index (χ0) is 15.5. The predicted molar refractivity (Wildman–Crippen MR) is 88.6 cm³/mol. The van der Waals surface area contributed by atoms with Gasteiger partial charge in [-0.25, -0.2) is 0 Å². The molecule has 5 heteroatoms. The van der Waals surface area contributed by atoms with Gasteiger partial charge in [0.05, 0.1) is 19.3 Å². The van der Waals surface area contributed by atoms with Crippen molar-refractivity contribution in [1.82, 2.24) is 15.1 Å². The van der Waals surface area contributed by atoms with E-state index >= 15 is 0 Å². The molecule has 0 fully saturated rings. The fraction of sp³-hybridized carbons (Fsp3) is 0.438. The van der Waals surface area contributed by atoms with E-state index in [-0.39, 0.29) is 5.54 Å². The highest BCUT2D eigenvalue weighted by Crippen LogP contribution is 2.23. The van der Waals surface area contributed by atoms with Crippen LogP contribution in [-0.4, -0.2) is 22.4 Å². The third-order valence-corrected chi connectivity index (χ3v) is 3.95. The second kappa shape index (κ2) is 6.62. The summed E-state index contributed by atoms with van der Waals surface area (Å²) in [4.78, 5) is 0. The lowest BCUT2D eigenvalue weighted by Gasteiger charge is -2.21. The third-order valence-electron chi connectivity index (χ3n) is 3.18. The maximum absolute atomic E-state index is 5.29. The lowest BCUT2D eigenvalue weighted by atomic mass is 10.1. The van der Waals surface area contributed by atoms with Crippen molar-refractivity contribution in [3.05, 3.63) is 46.2 Å². The highest BCUT2D eigenvalue weighted by Gasteiger charge is 2.12. The molecule has 0 aliphatic heterocycles. The van der Waals surface area contributed by atoms with Gasteiger partial charge in [0.2, 0.25) is 0 Å². The van der Waals surface area contributed by atoms with Gasteiger partial charge in [-0.15, -0.1) is 0 Å². The van der Waals surface area contributed by atoms with Crippen LogP contribution in [0.5, 0.6) is 5.75 Å². The van der Waals surface area contributed by atoms with Crippen molar-refractivity contribution < 1.29 is 4.74 Å². The van der Waals surface area contributed by atoms with Gasteiger partial charge in [-0.2, -0.15) is 5.10 Å². The Labute approximate surface area is 134 Å². The van der Waals surface area contributed by atoms with Crippen LogP contribution in [0.3, 0.4) is 0 Å². The molecule has 1 aromatic carbocycles. The van der Waals surface area contributed by atoms with Crippen LogP contribution in [0, 0.1) is 0 Å². The number of rotatable bonds is 5. The molecule has 21 heavy (non-hydrogen) atoms. The van der Waals surface area contributed by atoms with Crippen molar-refractivity contribution in [2.75, 3.05) is 7.11 Å². The Hall–Kier alpha value is -1.33. The van der Waals surface area contributed by atoms with E-state index in [1.165, 1.54) is 5.69 Å². The van der Waals surface area contributed by atoms with Crippen molar-refractivity contribution in [1.29, 1.82) is 0 Å². The van der Waals surface area contributed by atoms with E-state index in [4.69, 9.17) is 4.74 Å². The number of ether oxygens (including phenoxy) is 1. The van der Waals surface area contributed by atoms with E-state index in [0.717, 1.165) is 22.3 Å². The Morgan fingerprint density at radius 2 is 2.05 bits per heavy atom. The average molecular weight is 352 g/mol. The number of aromatic nitrogens is 2. The molecule has 0 spiro atoms. The van der Waals surface area contributed by atoms with E-state index < -0.39 is 0 Å². The fourth-order valence-electron chi connectivity index (χ4n) is 1.97. The first-order valence-electron chi connectivity index (χ1n) is 6.97. The molecule has 1 heterocycles. The van der Waals surface area contributed by atoms with Gasteiger partial charge in [0, 0.05) is 22.8 Å². The number of methoxy groups -OCH3 is 1. The van der Waals surface area contributed by atoms with Crippen LogP contribution in [0.1, 0.15) is 32.0 Å². The summed E-state index contributed by atoms with van der Waals surface area (Å²) < 4.78 is 8.36. The first kappa shape index (κ1) is 16.0. The molecular weight excluding hydrogens is 330 g/mol. The highest BCUT2D eigenvalue weighted by atomic mass is 79.9. The Bertz CT molecular complexity index is 602. The van der Waals surface area contributed by atoms with Gasteiger partial charge in [-0.05, 0) is 50.6 Å². The van der Waals surface area contributed by atoms with Gasteiger partial charge in [0.15, 0.2) is 0 Å². The molecule has 4 nitrogen and oxygen atoms in total. The minimum atomic E-state index is 0.0889. The number of nitrogens with one attached hydrogen (secondary N) is 1. The molecule has 2 aromatic rings. The lowest BCUT2D eigenvalue weighted by Crippen LogP contribution is -2.35. The van der Waals surface area contributed by atoms with Crippen molar-refractivity contribution in [2.24, 2.45) is 0 Å². The molecule has 0 atom stereocenters. The van der Waals surface area contributed by atoms with E-state index in [1.54, 1.807) is 7.11 Å². The molecule has 0 aliphatic rings. The van der Waals surface area contributed by atoms with Gasteiger partial charge in [-0.1, -0.05) is 15.9 Å². The van der Waals surface area contributed by atoms with Crippen LogP contribution in [-0.2, 0) is 13.1 Å². The van der Waals surface area contributed by atoms with Crippen molar-refractivity contribution in [3.63, 3.8) is 0 Å². The van der Waals surface area contributed by atoms with Crippen LogP contribution in [0.2, 0.25) is 0 Å². The summed E-state index contributed by atoms with van der Waals surface area (Å²) >= 11 is 3.59. The fourth-order valence-corrected chi connectivity index (χ4v) is 2.34. The molecule has 0 saturated carbocycles. The summed E-state index contributed by atoms with van der Waals surface area (Å²) in [5.74, 6) is 0.856. The second-order valence-corrected chi connectivity index (χ2v) is 6.90. The molecule has 0 aliphatic carbocycles. The van der Waals surface area contributed by atoms with Gasteiger partial charge >= 0.3 is 0 Å². The minimum Gasteiger partial charge on any atom is -0.497 e. The van der Waals surface area contributed by atoms with Gasteiger partial charge in [0.25, 0.3) is 0 Å². The Kier molecular flexibility index (Phi) is 5.06.